The Balaban J connectivity index is 1.35. The van der Waals surface area contributed by atoms with E-state index in [1.807, 2.05) is 78.9 Å². The van der Waals surface area contributed by atoms with Crippen LogP contribution in [0.15, 0.2) is 148 Å². The molecule has 52 heavy (non-hydrogen) atoms. The van der Waals surface area contributed by atoms with Crippen molar-refractivity contribution in [2.45, 2.75) is 35.8 Å². The first-order valence-corrected chi connectivity index (χ1v) is 19.5. The minimum Gasteiger partial charge on any atom is -0.494 e. The topological polar surface area (TPSA) is 126 Å². The summed E-state index contributed by atoms with van der Waals surface area (Å²) in [6.45, 7) is 0.819. The summed E-state index contributed by atoms with van der Waals surface area (Å²) in [4.78, 5) is 19.7. The first kappa shape index (κ1) is 37.0. The Kier molecular flexibility index (Phi) is 12.2. The second kappa shape index (κ2) is 17.1. The molecule has 5 aromatic carbocycles. The van der Waals surface area contributed by atoms with E-state index in [-0.39, 0.29) is 29.6 Å². The predicted molar refractivity (Wildman–Crippen MR) is 206 cm³/mol. The Labute approximate surface area is 312 Å². The van der Waals surface area contributed by atoms with Crippen LogP contribution in [-0.4, -0.2) is 56.4 Å². The number of aliphatic hydroxyl groups excluding tert-OH is 1. The van der Waals surface area contributed by atoms with E-state index in [4.69, 9.17) is 19.6 Å². The zero-order valence-electron chi connectivity index (χ0n) is 28.5. The molecule has 11 heteroatoms. The fraction of sp³-hybridized carbons (Fsp3) is 0.220. The fourth-order valence-electron chi connectivity index (χ4n) is 6.00. The van der Waals surface area contributed by atoms with Gasteiger partial charge in [0.2, 0.25) is 5.90 Å². The third-order valence-electron chi connectivity index (χ3n) is 8.86. The second-order valence-electron chi connectivity index (χ2n) is 12.4. The third kappa shape index (κ3) is 8.97. The maximum absolute atomic E-state index is 14.5. The maximum atomic E-state index is 14.5. The van der Waals surface area contributed by atoms with Crippen molar-refractivity contribution in [2.75, 3.05) is 25.5 Å². The Bertz CT molecular complexity index is 2060. The summed E-state index contributed by atoms with van der Waals surface area (Å²) in [7, 11) is -3.79. The number of aliphatic imine (C=N–C) groups is 1. The number of sulfone groups is 1. The van der Waals surface area contributed by atoms with Gasteiger partial charge in [0.15, 0.2) is 21.5 Å². The summed E-state index contributed by atoms with van der Waals surface area (Å²) in [6, 6.07) is 40.9. The van der Waals surface area contributed by atoms with Crippen LogP contribution >= 0.6 is 15.9 Å². The van der Waals surface area contributed by atoms with Crippen LogP contribution in [0.2, 0.25) is 0 Å². The van der Waals surface area contributed by atoms with Crippen molar-refractivity contribution < 1.29 is 27.8 Å². The molecular formula is C41H40BrN3O6S. The molecule has 0 aromatic heterocycles. The van der Waals surface area contributed by atoms with Crippen molar-refractivity contribution in [1.82, 2.24) is 10.9 Å². The number of benzene rings is 5. The van der Waals surface area contributed by atoms with Crippen LogP contribution in [0.3, 0.4) is 0 Å². The standard InChI is InChI=1S/C41H40BrN3O6S/c42-35-20-12-30(13-21-35)24-26-43-45-40(47)41(25-29-52(48,49)37-10-5-2-6-11-37)38(33-16-14-32(15-17-33)31-8-3-1-4-9-31)51-39(44-41)34-18-22-36(23-19-34)50-28-7-27-46/h1-6,8-23,38,43,46H,7,24-29H2,(H,45,47)/t38-,41-/m0/s1. The van der Waals surface area contributed by atoms with Crippen molar-refractivity contribution in [2.24, 2.45) is 4.99 Å². The first-order valence-electron chi connectivity index (χ1n) is 17.1. The fourth-order valence-corrected chi connectivity index (χ4v) is 7.65. The van der Waals surface area contributed by atoms with Gasteiger partial charge in [-0.2, -0.15) is 0 Å². The average molecular weight is 783 g/mol. The Morgan fingerprint density at radius 1 is 0.827 bits per heavy atom. The molecule has 0 unspecified atom stereocenters. The Morgan fingerprint density at radius 3 is 2.13 bits per heavy atom. The molecule has 5 aromatic rings. The van der Waals surface area contributed by atoms with Gasteiger partial charge in [0.25, 0.3) is 5.91 Å². The molecule has 0 saturated heterocycles. The van der Waals surface area contributed by atoms with Gasteiger partial charge in [0, 0.05) is 36.0 Å². The molecule has 0 aliphatic carbocycles. The molecule has 9 nitrogen and oxygen atoms in total. The number of nitrogens with zero attached hydrogens (tertiary/aromatic N) is 1. The molecule has 6 rings (SSSR count). The molecule has 1 aliphatic heterocycles. The molecule has 0 bridgehead atoms. The van der Waals surface area contributed by atoms with Gasteiger partial charge in [-0.05, 0) is 77.2 Å². The smallest absolute Gasteiger partial charge is 0.266 e. The van der Waals surface area contributed by atoms with Crippen LogP contribution in [0.5, 0.6) is 5.75 Å². The van der Waals surface area contributed by atoms with Gasteiger partial charge < -0.3 is 14.6 Å². The minimum atomic E-state index is -3.79. The molecule has 1 heterocycles. The molecule has 0 spiro atoms. The van der Waals surface area contributed by atoms with Crippen LogP contribution < -0.4 is 15.6 Å². The second-order valence-corrected chi connectivity index (χ2v) is 15.4. The lowest BCUT2D eigenvalue weighted by Gasteiger charge is -2.30. The zero-order valence-corrected chi connectivity index (χ0v) is 30.9. The summed E-state index contributed by atoms with van der Waals surface area (Å²) >= 11 is 3.46. The lowest BCUT2D eigenvalue weighted by atomic mass is 9.84. The number of aliphatic hydroxyl groups is 1. The van der Waals surface area contributed by atoms with E-state index in [9.17, 15) is 13.2 Å². The highest BCUT2D eigenvalue weighted by atomic mass is 79.9. The summed E-state index contributed by atoms with van der Waals surface area (Å²) in [5.41, 5.74) is 8.61. The van der Waals surface area contributed by atoms with Crippen molar-refractivity contribution >= 4 is 37.6 Å². The molecule has 0 saturated carbocycles. The normalized spacial score (nSPS) is 16.9. The zero-order chi connectivity index (χ0) is 36.4. The molecule has 1 aliphatic rings. The quantitative estimate of drug-likeness (QED) is 0.0738. The summed E-state index contributed by atoms with van der Waals surface area (Å²) in [5, 5.41) is 9.12. The summed E-state index contributed by atoms with van der Waals surface area (Å²) < 4.78 is 40.6. The van der Waals surface area contributed by atoms with Crippen molar-refractivity contribution in [1.29, 1.82) is 0 Å². The van der Waals surface area contributed by atoms with Crippen LogP contribution in [0.4, 0.5) is 0 Å². The lowest BCUT2D eigenvalue weighted by molar-refractivity contribution is -0.130. The van der Waals surface area contributed by atoms with E-state index >= 15 is 0 Å². The number of nitrogens with one attached hydrogen (secondary N) is 2. The van der Waals surface area contributed by atoms with E-state index < -0.39 is 27.4 Å². The number of carbonyl (C=O) groups excluding carboxylic acids is 1. The van der Waals surface area contributed by atoms with E-state index in [1.54, 1.807) is 54.6 Å². The highest BCUT2D eigenvalue weighted by Gasteiger charge is 2.53. The molecule has 1 amide bonds. The first-order chi connectivity index (χ1) is 25.3. The summed E-state index contributed by atoms with van der Waals surface area (Å²) in [5.74, 6) is -0.0414. The van der Waals surface area contributed by atoms with Crippen molar-refractivity contribution in [3.05, 3.63) is 155 Å². The Morgan fingerprint density at radius 2 is 1.46 bits per heavy atom. The van der Waals surface area contributed by atoms with Gasteiger partial charge >= 0.3 is 0 Å². The average Bonchev–Trinajstić information content (AvgIpc) is 3.58. The molecule has 0 fully saturated rings. The van der Waals surface area contributed by atoms with Gasteiger partial charge in [-0.3, -0.25) is 10.2 Å². The predicted octanol–water partition coefficient (Wildman–Crippen LogP) is 6.86. The highest BCUT2D eigenvalue weighted by Crippen LogP contribution is 2.43. The number of halogens is 1. The van der Waals surface area contributed by atoms with Crippen LogP contribution in [-0.2, 0) is 25.8 Å². The van der Waals surface area contributed by atoms with E-state index in [1.165, 1.54) is 0 Å². The number of ether oxygens (including phenoxy) is 2. The Hall–Kier alpha value is -4.81. The number of hydrazine groups is 1. The molecule has 268 valence electrons. The largest absolute Gasteiger partial charge is 0.494 e. The molecule has 3 N–H and O–H groups in total. The van der Waals surface area contributed by atoms with E-state index in [0.29, 0.717) is 42.9 Å². The van der Waals surface area contributed by atoms with Crippen LogP contribution in [0.25, 0.3) is 11.1 Å². The lowest BCUT2D eigenvalue weighted by Crippen LogP contribution is -2.53. The molecule has 2 atom stereocenters. The number of hydrogen-bond donors (Lipinski definition) is 3. The van der Waals surface area contributed by atoms with Gasteiger partial charge in [0.1, 0.15) is 5.75 Å². The maximum Gasteiger partial charge on any atom is 0.266 e. The van der Waals surface area contributed by atoms with Crippen molar-refractivity contribution in [3.63, 3.8) is 0 Å². The van der Waals surface area contributed by atoms with Gasteiger partial charge in [0.05, 0.1) is 17.3 Å². The number of carbonyl (C=O) groups is 1. The number of rotatable bonds is 16. The third-order valence-corrected chi connectivity index (χ3v) is 11.1. The number of amides is 1. The molecular weight excluding hydrogens is 742 g/mol. The van der Waals surface area contributed by atoms with Crippen molar-refractivity contribution in [3.8, 4) is 16.9 Å². The van der Waals surface area contributed by atoms with Gasteiger partial charge in [-0.15, -0.1) is 0 Å². The number of hydrogen-bond acceptors (Lipinski definition) is 8. The highest BCUT2D eigenvalue weighted by molar-refractivity contribution is 9.10. The van der Waals surface area contributed by atoms with E-state index in [2.05, 4.69) is 26.8 Å². The summed E-state index contributed by atoms with van der Waals surface area (Å²) in [6.07, 6.45) is 0.0437. The van der Waals surface area contributed by atoms with E-state index in [0.717, 1.165) is 21.2 Å². The van der Waals surface area contributed by atoms with Crippen LogP contribution in [0.1, 0.15) is 35.6 Å². The SMILES string of the molecule is O=C(NNCCc1ccc(Br)cc1)[C@@]1(CCS(=O)(=O)c2ccccc2)N=C(c2ccc(OCCCO)cc2)O[C@H]1c1ccc(-c2ccccc2)cc1. The van der Waals surface area contributed by atoms with Gasteiger partial charge in [-0.1, -0.05) is 101 Å². The minimum absolute atomic E-state index is 0.0275. The van der Waals surface area contributed by atoms with Gasteiger partial charge in [-0.25, -0.2) is 18.8 Å². The monoisotopic (exact) mass is 781 g/mol. The van der Waals surface area contributed by atoms with Crippen LogP contribution in [0, 0.1) is 0 Å². The molecule has 0 radical (unpaired) electrons.